The van der Waals surface area contributed by atoms with Crippen molar-refractivity contribution in [1.82, 2.24) is 0 Å². The van der Waals surface area contributed by atoms with Crippen LogP contribution in [0.1, 0.15) is 56.4 Å². The second kappa shape index (κ2) is 8.16. The van der Waals surface area contributed by atoms with Crippen LogP contribution in [0.3, 0.4) is 0 Å². The lowest BCUT2D eigenvalue weighted by molar-refractivity contribution is -0.137. The molecule has 0 aliphatic carbocycles. The molecule has 0 bridgehead atoms. The summed E-state index contributed by atoms with van der Waals surface area (Å²) in [6, 6.07) is 13.7. The number of allylic oxidation sites excluding steroid dienone is 3. The molecule has 0 spiro atoms. The molecular formula is C24H27F3. The number of hydrogen-bond donors (Lipinski definition) is 0. The van der Waals surface area contributed by atoms with Crippen molar-refractivity contribution in [3.05, 3.63) is 83.4 Å². The van der Waals surface area contributed by atoms with E-state index in [1.165, 1.54) is 23.3 Å². The fourth-order valence-electron chi connectivity index (χ4n) is 3.04. The summed E-state index contributed by atoms with van der Waals surface area (Å²) in [6.07, 6.45) is -0.906. The first-order valence-corrected chi connectivity index (χ1v) is 9.10. The third-order valence-electron chi connectivity index (χ3n) is 4.37. The molecule has 27 heavy (non-hydrogen) atoms. The summed E-state index contributed by atoms with van der Waals surface area (Å²) in [4.78, 5) is 0. The SMILES string of the molecule is C=C(CCc1cccc(C(F)(F)F)c1)c1ccc(/C(C)=C/C(C)(C)C)cc1. The summed E-state index contributed by atoms with van der Waals surface area (Å²) in [7, 11) is 0. The summed E-state index contributed by atoms with van der Waals surface area (Å²) < 4.78 is 38.4. The molecule has 0 amide bonds. The molecule has 0 nitrogen and oxygen atoms in total. The normalized spacial score (nSPS) is 12.9. The predicted octanol–water partition coefficient (Wildman–Crippen LogP) is 7.80. The summed E-state index contributed by atoms with van der Waals surface area (Å²) in [5.74, 6) is 0. The van der Waals surface area contributed by atoms with Gasteiger partial charge in [-0.15, -0.1) is 0 Å². The van der Waals surface area contributed by atoms with Gasteiger partial charge in [0.25, 0.3) is 0 Å². The van der Waals surface area contributed by atoms with Crippen LogP contribution in [0.15, 0.2) is 61.2 Å². The van der Waals surface area contributed by atoms with Crippen molar-refractivity contribution in [2.45, 2.75) is 46.7 Å². The number of rotatable bonds is 5. The maximum Gasteiger partial charge on any atom is 0.416 e. The van der Waals surface area contributed by atoms with Crippen molar-refractivity contribution in [3.63, 3.8) is 0 Å². The van der Waals surface area contributed by atoms with Crippen molar-refractivity contribution in [1.29, 1.82) is 0 Å². The van der Waals surface area contributed by atoms with Gasteiger partial charge < -0.3 is 0 Å². The fourth-order valence-corrected chi connectivity index (χ4v) is 3.04. The van der Waals surface area contributed by atoms with Gasteiger partial charge in [0, 0.05) is 0 Å². The molecule has 0 aromatic heterocycles. The van der Waals surface area contributed by atoms with E-state index in [2.05, 4.69) is 52.5 Å². The number of aryl methyl sites for hydroxylation is 1. The lowest BCUT2D eigenvalue weighted by atomic mass is 9.91. The van der Waals surface area contributed by atoms with Gasteiger partial charge in [-0.2, -0.15) is 13.2 Å². The molecule has 0 heterocycles. The van der Waals surface area contributed by atoms with E-state index in [0.717, 1.165) is 17.2 Å². The van der Waals surface area contributed by atoms with Gasteiger partial charge in [-0.25, -0.2) is 0 Å². The van der Waals surface area contributed by atoms with Crippen molar-refractivity contribution in [2.75, 3.05) is 0 Å². The highest BCUT2D eigenvalue weighted by Crippen LogP contribution is 2.30. The molecule has 2 aromatic carbocycles. The van der Waals surface area contributed by atoms with Crippen molar-refractivity contribution in [3.8, 4) is 0 Å². The number of halogens is 3. The van der Waals surface area contributed by atoms with Gasteiger partial charge in [-0.1, -0.05) is 75.9 Å². The molecule has 2 aromatic rings. The zero-order chi connectivity index (χ0) is 20.2. The molecule has 0 aliphatic rings. The van der Waals surface area contributed by atoms with Crippen LogP contribution in [-0.4, -0.2) is 0 Å². The molecule has 0 N–H and O–H groups in total. The number of benzene rings is 2. The Morgan fingerprint density at radius 2 is 1.56 bits per heavy atom. The second-order valence-corrected chi connectivity index (χ2v) is 8.07. The fraction of sp³-hybridized carbons (Fsp3) is 0.333. The molecular weight excluding hydrogens is 345 g/mol. The average Bonchev–Trinajstić information content (AvgIpc) is 2.58. The van der Waals surface area contributed by atoms with E-state index in [9.17, 15) is 13.2 Å². The largest absolute Gasteiger partial charge is 0.416 e. The van der Waals surface area contributed by atoms with Crippen LogP contribution in [0.5, 0.6) is 0 Å². The van der Waals surface area contributed by atoms with Gasteiger partial charge in [-0.05, 0) is 59.1 Å². The Morgan fingerprint density at radius 3 is 2.11 bits per heavy atom. The quantitative estimate of drug-likeness (QED) is 0.502. The predicted molar refractivity (Wildman–Crippen MR) is 108 cm³/mol. The number of alkyl halides is 3. The maximum atomic E-state index is 12.8. The highest BCUT2D eigenvalue weighted by atomic mass is 19.4. The first-order chi connectivity index (χ1) is 12.5. The second-order valence-electron chi connectivity index (χ2n) is 8.07. The molecule has 2 rings (SSSR count). The first-order valence-electron chi connectivity index (χ1n) is 9.10. The third kappa shape index (κ3) is 6.42. The van der Waals surface area contributed by atoms with Gasteiger partial charge in [-0.3, -0.25) is 0 Å². The Hall–Kier alpha value is -2.29. The Balaban J connectivity index is 2.04. The summed E-state index contributed by atoms with van der Waals surface area (Å²) in [6.45, 7) is 12.7. The summed E-state index contributed by atoms with van der Waals surface area (Å²) in [5, 5.41) is 0. The highest BCUT2D eigenvalue weighted by Gasteiger charge is 2.30. The molecule has 3 heteroatoms. The molecule has 144 valence electrons. The minimum atomic E-state index is -4.30. The Kier molecular flexibility index (Phi) is 6.35. The molecule has 0 fully saturated rings. The first kappa shape index (κ1) is 21.0. The van der Waals surface area contributed by atoms with Gasteiger partial charge >= 0.3 is 6.18 Å². The minimum absolute atomic E-state index is 0.122. The van der Waals surface area contributed by atoms with Gasteiger partial charge in [0.05, 0.1) is 5.56 Å². The smallest absolute Gasteiger partial charge is 0.166 e. The van der Waals surface area contributed by atoms with E-state index in [-0.39, 0.29) is 5.41 Å². The Morgan fingerprint density at radius 1 is 0.963 bits per heavy atom. The minimum Gasteiger partial charge on any atom is -0.166 e. The van der Waals surface area contributed by atoms with Crippen LogP contribution in [0.2, 0.25) is 0 Å². The van der Waals surface area contributed by atoms with Crippen LogP contribution >= 0.6 is 0 Å². The Bertz CT molecular complexity index is 816. The van der Waals surface area contributed by atoms with Gasteiger partial charge in [0.2, 0.25) is 0 Å². The zero-order valence-corrected chi connectivity index (χ0v) is 16.5. The summed E-state index contributed by atoms with van der Waals surface area (Å²) in [5.41, 5.74) is 4.54. The van der Waals surface area contributed by atoms with Crippen LogP contribution in [0.4, 0.5) is 13.2 Å². The topological polar surface area (TPSA) is 0 Å². The van der Waals surface area contributed by atoms with Crippen LogP contribution in [-0.2, 0) is 12.6 Å². The molecule has 0 saturated carbocycles. The molecule has 0 unspecified atom stereocenters. The monoisotopic (exact) mass is 372 g/mol. The average molecular weight is 372 g/mol. The van der Waals surface area contributed by atoms with E-state index in [1.807, 2.05) is 12.1 Å². The van der Waals surface area contributed by atoms with Gasteiger partial charge in [0.15, 0.2) is 0 Å². The maximum absolute atomic E-state index is 12.8. The van der Waals surface area contributed by atoms with Gasteiger partial charge in [0.1, 0.15) is 0 Å². The van der Waals surface area contributed by atoms with E-state index < -0.39 is 11.7 Å². The van der Waals surface area contributed by atoms with Crippen molar-refractivity contribution >= 4 is 11.1 Å². The standard InChI is InChI=1S/C24H27F3/c1-17(9-10-19-7-6-8-22(15-19)24(25,26)27)20-11-13-21(14-12-20)18(2)16-23(3,4)5/h6-8,11-16H,1,9-10H2,2-5H3/b18-16+. The van der Waals surface area contributed by atoms with E-state index in [1.54, 1.807) is 6.07 Å². The molecule has 0 atom stereocenters. The van der Waals surface area contributed by atoms with Crippen LogP contribution in [0, 0.1) is 5.41 Å². The molecule has 0 aliphatic heterocycles. The van der Waals surface area contributed by atoms with E-state index in [4.69, 9.17) is 0 Å². The molecule has 0 radical (unpaired) electrons. The van der Waals surface area contributed by atoms with Crippen LogP contribution < -0.4 is 0 Å². The van der Waals surface area contributed by atoms with Crippen molar-refractivity contribution in [2.24, 2.45) is 5.41 Å². The third-order valence-corrected chi connectivity index (χ3v) is 4.37. The summed E-state index contributed by atoms with van der Waals surface area (Å²) >= 11 is 0. The van der Waals surface area contributed by atoms with E-state index in [0.29, 0.717) is 18.4 Å². The van der Waals surface area contributed by atoms with Crippen molar-refractivity contribution < 1.29 is 13.2 Å². The lowest BCUT2D eigenvalue weighted by Crippen LogP contribution is -2.05. The number of hydrogen-bond acceptors (Lipinski definition) is 0. The highest BCUT2D eigenvalue weighted by molar-refractivity contribution is 5.69. The molecule has 0 saturated heterocycles. The van der Waals surface area contributed by atoms with E-state index >= 15 is 0 Å². The zero-order valence-electron chi connectivity index (χ0n) is 16.5. The van der Waals surface area contributed by atoms with Crippen LogP contribution in [0.25, 0.3) is 11.1 Å². The Labute approximate surface area is 160 Å². The lowest BCUT2D eigenvalue weighted by Gasteiger charge is -2.15.